The number of nitrogens with one attached hydrogen (secondary N) is 2. The molecule has 3 aromatic heterocycles. The average molecular weight is 484 g/mol. The summed E-state index contributed by atoms with van der Waals surface area (Å²) in [5.74, 6) is 0.806. The number of aromatic amines is 1. The van der Waals surface area contributed by atoms with E-state index in [1.54, 1.807) is 24.5 Å². The van der Waals surface area contributed by atoms with Gasteiger partial charge in [0, 0.05) is 25.0 Å². The van der Waals surface area contributed by atoms with Crippen LogP contribution in [0.1, 0.15) is 42.6 Å². The van der Waals surface area contributed by atoms with Gasteiger partial charge in [0.1, 0.15) is 0 Å². The molecule has 1 aliphatic carbocycles. The number of aromatic nitrogens is 6. The first kappa shape index (κ1) is 23.1. The first-order valence-electron chi connectivity index (χ1n) is 11.2. The van der Waals surface area contributed by atoms with E-state index < -0.39 is 17.3 Å². The highest BCUT2D eigenvalue weighted by Crippen LogP contribution is 2.34. The van der Waals surface area contributed by atoms with Gasteiger partial charge in [-0.05, 0) is 49.4 Å². The molecule has 6 N–H and O–H groups in total. The van der Waals surface area contributed by atoms with E-state index in [-0.39, 0.29) is 18.5 Å². The summed E-state index contributed by atoms with van der Waals surface area (Å²) in [6.07, 6.45) is 1.90. The maximum Gasteiger partial charge on any atom is 0.416 e. The highest BCUT2D eigenvalue weighted by atomic mass is 19.4. The molecule has 1 aromatic carbocycles. The van der Waals surface area contributed by atoms with E-state index in [1.165, 1.54) is 6.07 Å². The molecule has 0 bridgehead atoms. The number of hydrogen-bond donors (Lipinski definition) is 4. The van der Waals surface area contributed by atoms with Crippen molar-refractivity contribution in [1.29, 1.82) is 0 Å². The third kappa shape index (κ3) is 4.80. The molecule has 35 heavy (non-hydrogen) atoms. The Morgan fingerprint density at radius 1 is 1.11 bits per heavy atom. The van der Waals surface area contributed by atoms with Crippen molar-refractivity contribution >= 4 is 17.0 Å². The van der Waals surface area contributed by atoms with E-state index in [4.69, 9.17) is 11.5 Å². The molecule has 4 aromatic rings. The number of anilines is 1. The van der Waals surface area contributed by atoms with Gasteiger partial charge in [-0.15, -0.1) is 0 Å². The Kier molecular flexibility index (Phi) is 5.85. The fraction of sp³-hybridized carbons (Fsp3) is 0.348. The molecule has 0 radical (unpaired) electrons. The number of alkyl halides is 3. The topological polar surface area (TPSA) is 144 Å². The van der Waals surface area contributed by atoms with Crippen molar-refractivity contribution in [2.45, 2.75) is 50.0 Å². The molecule has 1 fully saturated rings. The highest BCUT2D eigenvalue weighted by Gasteiger charge is 2.35. The SMILES string of the molecule is NC1CCC(N)(c2ncc3c(-c4ccnc(NCc5cccc(C(F)(F)F)c5)n4)[nH]nc3n2)CC1. The first-order chi connectivity index (χ1) is 16.7. The maximum absolute atomic E-state index is 13.0. The van der Waals surface area contributed by atoms with E-state index in [0.717, 1.165) is 25.0 Å². The Labute approximate surface area is 198 Å². The molecule has 0 amide bonds. The van der Waals surface area contributed by atoms with Crippen LogP contribution in [0.2, 0.25) is 0 Å². The lowest BCUT2D eigenvalue weighted by Gasteiger charge is -2.34. The standard InChI is InChI=1S/C23H24F3N9/c24-23(25,26)14-3-1-2-13(10-14)11-31-21-29-9-6-17(32-21)18-16-12-30-20(33-19(16)35-34-18)22(28)7-4-15(27)5-8-22/h1-3,6,9-10,12,15H,4-5,7-8,11,27-28H2,(H,29,31,32)(H,30,33,34,35). The molecule has 9 nitrogen and oxygen atoms in total. The molecular formula is C23H24F3N9. The van der Waals surface area contributed by atoms with Crippen LogP contribution in [0.15, 0.2) is 42.7 Å². The summed E-state index contributed by atoms with van der Waals surface area (Å²) in [5.41, 5.74) is 13.3. The monoisotopic (exact) mass is 483 g/mol. The number of nitrogens with two attached hydrogens (primary N) is 2. The molecule has 3 heterocycles. The quantitative estimate of drug-likeness (QED) is 0.338. The van der Waals surface area contributed by atoms with E-state index in [1.807, 2.05) is 0 Å². The smallest absolute Gasteiger partial charge is 0.350 e. The second kappa shape index (κ2) is 8.86. The molecule has 182 valence electrons. The van der Waals surface area contributed by atoms with Gasteiger partial charge < -0.3 is 16.8 Å². The largest absolute Gasteiger partial charge is 0.416 e. The molecule has 5 rings (SSSR count). The molecule has 1 aliphatic rings. The minimum Gasteiger partial charge on any atom is -0.350 e. The minimum atomic E-state index is -4.40. The van der Waals surface area contributed by atoms with Crippen LogP contribution in [-0.4, -0.2) is 36.2 Å². The second-order valence-electron chi connectivity index (χ2n) is 8.84. The van der Waals surface area contributed by atoms with Crippen LogP contribution < -0.4 is 16.8 Å². The Hall–Kier alpha value is -3.64. The lowest BCUT2D eigenvalue weighted by molar-refractivity contribution is -0.137. The average Bonchev–Trinajstić information content (AvgIpc) is 3.28. The predicted molar refractivity (Wildman–Crippen MR) is 124 cm³/mol. The number of halogens is 3. The van der Waals surface area contributed by atoms with Crippen LogP contribution in [0, 0.1) is 0 Å². The van der Waals surface area contributed by atoms with Gasteiger partial charge in [0.25, 0.3) is 0 Å². The maximum atomic E-state index is 13.0. The molecular weight excluding hydrogens is 459 g/mol. The van der Waals surface area contributed by atoms with Gasteiger partial charge in [-0.25, -0.2) is 19.9 Å². The van der Waals surface area contributed by atoms with Crippen LogP contribution in [0.5, 0.6) is 0 Å². The van der Waals surface area contributed by atoms with Crippen molar-refractivity contribution in [3.63, 3.8) is 0 Å². The lowest BCUT2D eigenvalue weighted by atomic mass is 9.80. The molecule has 0 unspecified atom stereocenters. The van der Waals surface area contributed by atoms with Crippen LogP contribution in [0.4, 0.5) is 19.1 Å². The van der Waals surface area contributed by atoms with Crippen molar-refractivity contribution in [1.82, 2.24) is 30.1 Å². The summed E-state index contributed by atoms with van der Waals surface area (Å²) < 4.78 is 38.9. The van der Waals surface area contributed by atoms with Gasteiger partial charge in [-0.1, -0.05) is 12.1 Å². The summed E-state index contributed by atoms with van der Waals surface area (Å²) in [6.45, 7) is 0.131. The number of nitrogens with zero attached hydrogens (tertiary/aromatic N) is 5. The van der Waals surface area contributed by atoms with Crippen molar-refractivity contribution in [2.24, 2.45) is 11.5 Å². The molecule has 0 spiro atoms. The van der Waals surface area contributed by atoms with E-state index in [0.29, 0.717) is 46.7 Å². The molecule has 1 saturated carbocycles. The van der Waals surface area contributed by atoms with Crippen molar-refractivity contribution in [2.75, 3.05) is 5.32 Å². The number of H-pyrrole nitrogens is 1. The molecule has 12 heteroatoms. The lowest BCUT2D eigenvalue weighted by Crippen LogP contribution is -2.44. The van der Waals surface area contributed by atoms with E-state index in [9.17, 15) is 13.2 Å². The van der Waals surface area contributed by atoms with E-state index >= 15 is 0 Å². The zero-order chi connectivity index (χ0) is 24.6. The molecule has 0 saturated heterocycles. The summed E-state index contributed by atoms with van der Waals surface area (Å²) in [6, 6.07) is 6.96. The van der Waals surface area contributed by atoms with Crippen LogP contribution in [0.25, 0.3) is 22.4 Å². The summed E-state index contributed by atoms with van der Waals surface area (Å²) >= 11 is 0. The van der Waals surface area contributed by atoms with Gasteiger partial charge in [-0.3, -0.25) is 5.10 Å². The zero-order valence-electron chi connectivity index (χ0n) is 18.7. The minimum absolute atomic E-state index is 0.131. The Bertz CT molecular complexity index is 1340. The normalized spacial score (nSPS) is 20.8. The van der Waals surface area contributed by atoms with Gasteiger partial charge >= 0.3 is 6.18 Å². The Morgan fingerprint density at radius 3 is 2.69 bits per heavy atom. The number of benzene rings is 1. The fourth-order valence-corrected chi connectivity index (χ4v) is 4.24. The third-order valence-electron chi connectivity index (χ3n) is 6.30. The number of fused-ring (bicyclic) bond motifs is 1. The zero-order valence-corrected chi connectivity index (χ0v) is 18.7. The summed E-state index contributed by atoms with van der Waals surface area (Å²) in [7, 11) is 0. The predicted octanol–water partition coefficient (Wildman–Crippen LogP) is 3.50. The van der Waals surface area contributed by atoms with Crippen molar-refractivity contribution in [3.8, 4) is 11.4 Å². The fourth-order valence-electron chi connectivity index (χ4n) is 4.24. The van der Waals surface area contributed by atoms with Crippen LogP contribution in [0.3, 0.4) is 0 Å². The van der Waals surface area contributed by atoms with Gasteiger partial charge in [0.05, 0.1) is 27.9 Å². The van der Waals surface area contributed by atoms with Crippen LogP contribution >= 0.6 is 0 Å². The Balaban J connectivity index is 1.35. The molecule has 0 aliphatic heterocycles. The Morgan fingerprint density at radius 2 is 1.91 bits per heavy atom. The van der Waals surface area contributed by atoms with Gasteiger partial charge in [0.15, 0.2) is 11.5 Å². The summed E-state index contributed by atoms with van der Waals surface area (Å²) in [5, 5.41) is 10.9. The van der Waals surface area contributed by atoms with Gasteiger partial charge in [0.2, 0.25) is 5.95 Å². The third-order valence-corrected chi connectivity index (χ3v) is 6.30. The first-order valence-corrected chi connectivity index (χ1v) is 11.2. The second-order valence-corrected chi connectivity index (χ2v) is 8.84. The van der Waals surface area contributed by atoms with Gasteiger partial charge in [-0.2, -0.15) is 18.3 Å². The highest BCUT2D eigenvalue weighted by molar-refractivity contribution is 5.89. The van der Waals surface area contributed by atoms with Crippen molar-refractivity contribution in [3.05, 3.63) is 59.7 Å². The molecule has 0 atom stereocenters. The van der Waals surface area contributed by atoms with E-state index in [2.05, 4.69) is 35.5 Å². The summed E-state index contributed by atoms with van der Waals surface area (Å²) in [4.78, 5) is 17.8. The van der Waals surface area contributed by atoms with Crippen molar-refractivity contribution < 1.29 is 13.2 Å². The number of hydrogen-bond acceptors (Lipinski definition) is 8. The van der Waals surface area contributed by atoms with Crippen LogP contribution in [-0.2, 0) is 18.3 Å². The number of rotatable bonds is 5.